The minimum absolute atomic E-state index is 0.509. The van der Waals surface area contributed by atoms with E-state index >= 15 is 0 Å². The molecule has 1 aliphatic heterocycles. The Labute approximate surface area is 99.5 Å². The summed E-state index contributed by atoms with van der Waals surface area (Å²) in [7, 11) is -2.99. The van der Waals surface area contributed by atoms with Crippen LogP contribution in [0.25, 0.3) is 0 Å². The average molecular weight is 248 g/mol. The molecule has 0 aliphatic carbocycles. The van der Waals surface area contributed by atoms with Crippen molar-refractivity contribution in [2.45, 2.75) is 39.2 Å². The lowest BCUT2D eigenvalue weighted by atomic mass is 9.96. The molecule has 1 unspecified atom stereocenters. The van der Waals surface area contributed by atoms with Crippen LogP contribution in [0.4, 0.5) is 0 Å². The Bertz CT molecular complexity index is 301. The summed E-state index contributed by atoms with van der Waals surface area (Å²) in [6, 6.07) is 0.509. The monoisotopic (exact) mass is 248 g/mol. The molecule has 5 heteroatoms. The van der Waals surface area contributed by atoms with E-state index in [1.807, 2.05) is 0 Å². The fourth-order valence-electron chi connectivity index (χ4n) is 2.14. The van der Waals surface area contributed by atoms with Gasteiger partial charge < -0.3 is 5.32 Å². The van der Waals surface area contributed by atoms with Gasteiger partial charge in [0.05, 0.1) is 6.26 Å². The minimum atomic E-state index is -2.99. The average Bonchev–Trinajstić information content (AvgIpc) is 2.16. The number of nitrogens with zero attached hydrogens (tertiary/aromatic N) is 1. The van der Waals surface area contributed by atoms with Gasteiger partial charge in [0.25, 0.3) is 0 Å². The lowest BCUT2D eigenvalue weighted by Crippen LogP contribution is -2.40. The summed E-state index contributed by atoms with van der Waals surface area (Å²) < 4.78 is 24.5. The molecule has 1 saturated heterocycles. The van der Waals surface area contributed by atoms with Crippen LogP contribution >= 0.6 is 0 Å². The molecule has 1 heterocycles. The smallest absolute Gasteiger partial charge is 0.211 e. The lowest BCUT2D eigenvalue weighted by molar-refractivity contribution is 0.254. The topological polar surface area (TPSA) is 49.4 Å². The third-order valence-electron chi connectivity index (χ3n) is 3.06. The summed E-state index contributed by atoms with van der Waals surface area (Å²) in [4.78, 5) is 0. The normalized spacial score (nSPS) is 23.9. The van der Waals surface area contributed by atoms with Gasteiger partial charge in [0.1, 0.15) is 0 Å². The van der Waals surface area contributed by atoms with Crippen molar-refractivity contribution in [1.29, 1.82) is 0 Å². The van der Waals surface area contributed by atoms with Gasteiger partial charge in [0.2, 0.25) is 10.0 Å². The first-order chi connectivity index (χ1) is 7.39. The van der Waals surface area contributed by atoms with Crippen LogP contribution in [0.3, 0.4) is 0 Å². The second-order valence-electron chi connectivity index (χ2n) is 5.03. The highest BCUT2D eigenvalue weighted by atomic mass is 32.2. The molecule has 0 spiro atoms. The Balaban J connectivity index is 2.34. The molecule has 0 amide bonds. The molecule has 0 aromatic carbocycles. The Hall–Kier alpha value is -0.130. The van der Waals surface area contributed by atoms with Crippen molar-refractivity contribution in [2.75, 3.05) is 25.9 Å². The van der Waals surface area contributed by atoms with Crippen molar-refractivity contribution in [3.05, 3.63) is 0 Å². The molecular weight excluding hydrogens is 224 g/mol. The summed E-state index contributed by atoms with van der Waals surface area (Å²) in [5, 5.41) is 3.38. The Morgan fingerprint density at radius 2 is 2.12 bits per heavy atom. The molecule has 1 aliphatic rings. The van der Waals surface area contributed by atoms with Gasteiger partial charge in [0, 0.05) is 19.1 Å². The van der Waals surface area contributed by atoms with Gasteiger partial charge >= 0.3 is 0 Å². The van der Waals surface area contributed by atoms with Crippen LogP contribution in [0.15, 0.2) is 0 Å². The predicted octanol–water partition coefficient (Wildman–Crippen LogP) is 1.05. The van der Waals surface area contributed by atoms with Crippen LogP contribution in [0.1, 0.15) is 33.1 Å². The van der Waals surface area contributed by atoms with Gasteiger partial charge in [-0.05, 0) is 31.7 Å². The van der Waals surface area contributed by atoms with Gasteiger partial charge in [-0.1, -0.05) is 13.8 Å². The van der Waals surface area contributed by atoms with Crippen molar-refractivity contribution >= 4 is 10.0 Å². The third-order valence-corrected chi connectivity index (χ3v) is 4.33. The number of sulfonamides is 1. The molecule has 4 nitrogen and oxygen atoms in total. The fourth-order valence-corrected chi connectivity index (χ4v) is 3.08. The zero-order valence-electron chi connectivity index (χ0n) is 10.6. The summed E-state index contributed by atoms with van der Waals surface area (Å²) in [6.07, 6.45) is 4.54. The molecule has 96 valence electrons. The first-order valence-electron chi connectivity index (χ1n) is 6.08. The van der Waals surface area contributed by atoms with Crippen molar-refractivity contribution in [1.82, 2.24) is 9.62 Å². The van der Waals surface area contributed by atoms with Gasteiger partial charge in [-0.25, -0.2) is 12.7 Å². The molecular formula is C11H24N2O2S. The molecule has 0 aromatic rings. The van der Waals surface area contributed by atoms with Crippen LogP contribution in [-0.2, 0) is 10.0 Å². The Kier molecular flexibility index (Phi) is 5.21. The molecule has 16 heavy (non-hydrogen) atoms. The van der Waals surface area contributed by atoms with Crippen LogP contribution in [0.5, 0.6) is 0 Å². The highest BCUT2D eigenvalue weighted by Gasteiger charge is 2.25. The number of hydrogen-bond donors (Lipinski definition) is 1. The maximum absolute atomic E-state index is 11.4. The standard InChI is InChI=1S/C11H24N2O2S/c1-10(2)12-7-6-11-5-4-8-13(9-11)16(3,14)15/h10-12H,4-9H2,1-3H3. The fraction of sp³-hybridized carbons (Fsp3) is 1.00. The highest BCUT2D eigenvalue weighted by molar-refractivity contribution is 7.88. The zero-order valence-corrected chi connectivity index (χ0v) is 11.4. The first kappa shape index (κ1) is 13.9. The molecule has 0 aromatic heterocycles. The van der Waals surface area contributed by atoms with E-state index in [2.05, 4.69) is 19.2 Å². The second-order valence-corrected chi connectivity index (χ2v) is 7.01. The maximum atomic E-state index is 11.4. The van der Waals surface area contributed by atoms with E-state index in [9.17, 15) is 8.42 Å². The van der Waals surface area contributed by atoms with Gasteiger partial charge in [-0.15, -0.1) is 0 Å². The molecule has 0 saturated carbocycles. The number of nitrogens with one attached hydrogen (secondary N) is 1. The molecule has 1 fully saturated rings. The summed E-state index contributed by atoms with van der Waals surface area (Å²) in [6.45, 7) is 6.65. The Morgan fingerprint density at radius 1 is 1.44 bits per heavy atom. The van der Waals surface area contributed by atoms with Crippen molar-refractivity contribution in [3.8, 4) is 0 Å². The molecule has 0 bridgehead atoms. The van der Waals surface area contributed by atoms with E-state index in [0.717, 1.165) is 25.8 Å². The number of hydrogen-bond acceptors (Lipinski definition) is 3. The van der Waals surface area contributed by atoms with Gasteiger partial charge in [0.15, 0.2) is 0 Å². The van der Waals surface area contributed by atoms with E-state index in [-0.39, 0.29) is 0 Å². The SMILES string of the molecule is CC(C)NCCC1CCCN(S(C)(=O)=O)C1. The zero-order chi connectivity index (χ0) is 12.2. The quantitative estimate of drug-likeness (QED) is 0.791. The molecule has 0 radical (unpaired) electrons. The van der Waals surface area contributed by atoms with E-state index in [1.54, 1.807) is 4.31 Å². The van der Waals surface area contributed by atoms with Crippen LogP contribution in [-0.4, -0.2) is 44.7 Å². The summed E-state index contributed by atoms with van der Waals surface area (Å²) in [5.74, 6) is 0.523. The van der Waals surface area contributed by atoms with Crippen LogP contribution < -0.4 is 5.32 Å². The summed E-state index contributed by atoms with van der Waals surface area (Å²) >= 11 is 0. The van der Waals surface area contributed by atoms with Gasteiger partial charge in [-0.2, -0.15) is 0 Å². The van der Waals surface area contributed by atoms with Crippen molar-refractivity contribution in [3.63, 3.8) is 0 Å². The number of piperidine rings is 1. The third kappa shape index (κ3) is 4.80. The summed E-state index contributed by atoms with van der Waals surface area (Å²) in [5.41, 5.74) is 0. The first-order valence-corrected chi connectivity index (χ1v) is 7.93. The maximum Gasteiger partial charge on any atom is 0.211 e. The van der Waals surface area contributed by atoms with Crippen LogP contribution in [0.2, 0.25) is 0 Å². The minimum Gasteiger partial charge on any atom is -0.315 e. The van der Waals surface area contributed by atoms with Crippen LogP contribution in [0, 0.1) is 5.92 Å². The van der Waals surface area contributed by atoms with Crippen molar-refractivity contribution in [2.24, 2.45) is 5.92 Å². The molecule has 1 atom stereocenters. The largest absolute Gasteiger partial charge is 0.315 e. The lowest BCUT2D eigenvalue weighted by Gasteiger charge is -2.31. The van der Waals surface area contributed by atoms with E-state index in [4.69, 9.17) is 0 Å². The van der Waals surface area contributed by atoms with E-state index < -0.39 is 10.0 Å². The van der Waals surface area contributed by atoms with E-state index in [0.29, 0.717) is 25.0 Å². The second kappa shape index (κ2) is 5.98. The highest BCUT2D eigenvalue weighted by Crippen LogP contribution is 2.20. The van der Waals surface area contributed by atoms with Crippen molar-refractivity contribution < 1.29 is 8.42 Å². The molecule has 1 N–H and O–H groups in total. The Morgan fingerprint density at radius 3 is 2.69 bits per heavy atom. The number of rotatable bonds is 5. The van der Waals surface area contributed by atoms with Gasteiger partial charge in [-0.3, -0.25) is 0 Å². The van der Waals surface area contributed by atoms with E-state index in [1.165, 1.54) is 6.26 Å². The predicted molar refractivity (Wildman–Crippen MR) is 66.9 cm³/mol. The molecule has 1 rings (SSSR count).